The average Bonchev–Trinajstić information content (AvgIpc) is 2.85. The van der Waals surface area contributed by atoms with E-state index in [1.54, 1.807) is 24.3 Å². The van der Waals surface area contributed by atoms with Crippen LogP contribution in [-0.4, -0.2) is 10.4 Å². The third kappa shape index (κ3) is 2.74. The van der Waals surface area contributed by atoms with Crippen LogP contribution in [0.15, 0.2) is 48.5 Å². The largest absolute Gasteiger partial charge is 0.324 e. The molecular weight excluding hydrogens is 294 g/mol. The number of nitrogens with one attached hydrogen (secondary N) is 2. The summed E-state index contributed by atoms with van der Waals surface area (Å²) in [4.78, 5) is 11.9. The number of nitrogens with zero attached hydrogens (tertiary/aromatic N) is 1. The van der Waals surface area contributed by atoms with Crippen molar-refractivity contribution in [3.63, 3.8) is 0 Å². The number of hydrogen-bond donors (Lipinski definition) is 2. The Balaban J connectivity index is 1.74. The first kappa shape index (κ1) is 12.9. The standard InChI is InChI=1S/C14H10ClN3OS/c15-9-5-7-10(8-6-9)16-14(19)17-13-11-3-1-2-4-12(11)20-18-13/h1-8H,(H2,16,17,18,19). The molecule has 3 rings (SSSR count). The zero-order chi connectivity index (χ0) is 13.9. The zero-order valence-electron chi connectivity index (χ0n) is 10.3. The molecule has 1 aromatic heterocycles. The molecule has 20 heavy (non-hydrogen) atoms. The summed E-state index contributed by atoms with van der Waals surface area (Å²) in [5.74, 6) is 0.567. The number of urea groups is 1. The Morgan fingerprint density at radius 1 is 1.05 bits per heavy atom. The normalized spacial score (nSPS) is 10.4. The smallest absolute Gasteiger partial charge is 0.308 e. The average molecular weight is 304 g/mol. The van der Waals surface area contributed by atoms with Crippen molar-refractivity contribution >= 4 is 50.8 Å². The summed E-state index contributed by atoms with van der Waals surface area (Å²) in [5.41, 5.74) is 0.673. The maximum Gasteiger partial charge on any atom is 0.324 e. The Labute approximate surface area is 124 Å². The van der Waals surface area contributed by atoms with Crippen molar-refractivity contribution in [1.29, 1.82) is 0 Å². The van der Waals surface area contributed by atoms with Gasteiger partial charge < -0.3 is 5.32 Å². The molecule has 0 aliphatic carbocycles. The molecule has 1 heterocycles. The Bertz CT molecular complexity index is 754. The molecule has 0 atom stereocenters. The van der Waals surface area contributed by atoms with Gasteiger partial charge in [0.25, 0.3) is 0 Å². The van der Waals surface area contributed by atoms with Crippen molar-refractivity contribution in [2.24, 2.45) is 0 Å². The molecule has 0 bridgehead atoms. The van der Waals surface area contributed by atoms with Crippen LogP contribution >= 0.6 is 23.1 Å². The quantitative estimate of drug-likeness (QED) is 0.727. The number of anilines is 2. The fourth-order valence-electron chi connectivity index (χ4n) is 1.78. The summed E-state index contributed by atoms with van der Waals surface area (Å²) >= 11 is 7.15. The fourth-order valence-corrected chi connectivity index (χ4v) is 2.64. The third-order valence-electron chi connectivity index (χ3n) is 2.71. The van der Waals surface area contributed by atoms with Crippen molar-refractivity contribution < 1.29 is 4.79 Å². The molecule has 0 aliphatic heterocycles. The van der Waals surface area contributed by atoms with E-state index in [9.17, 15) is 4.79 Å². The summed E-state index contributed by atoms with van der Waals surface area (Å²) in [6, 6.07) is 14.3. The molecule has 2 aromatic carbocycles. The predicted molar refractivity (Wildman–Crippen MR) is 83.7 cm³/mol. The maximum atomic E-state index is 11.9. The number of benzene rings is 2. The molecule has 0 aliphatic rings. The lowest BCUT2D eigenvalue weighted by Gasteiger charge is -2.06. The van der Waals surface area contributed by atoms with Crippen LogP contribution in [0.3, 0.4) is 0 Å². The lowest BCUT2D eigenvalue weighted by molar-refractivity contribution is 0.262. The Hall–Kier alpha value is -2.11. The van der Waals surface area contributed by atoms with E-state index in [1.165, 1.54) is 11.5 Å². The van der Waals surface area contributed by atoms with Crippen LogP contribution in [0.2, 0.25) is 5.02 Å². The van der Waals surface area contributed by atoms with Gasteiger partial charge in [-0.1, -0.05) is 23.7 Å². The second-order valence-corrected chi connectivity index (χ2v) is 5.35. The van der Waals surface area contributed by atoms with E-state index < -0.39 is 0 Å². The lowest BCUT2D eigenvalue weighted by Crippen LogP contribution is -2.19. The predicted octanol–water partition coefficient (Wildman–Crippen LogP) is 4.59. The molecule has 4 nitrogen and oxygen atoms in total. The molecule has 6 heteroatoms. The van der Waals surface area contributed by atoms with E-state index >= 15 is 0 Å². The minimum atomic E-state index is -0.330. The van der Waals surface area contributed by atoms with Crippen LogP contribution in [0.5, 0.6) is 0 Å². The topological polar surface area (TPSA) is 54.0 Å². The van der Waals surface area contributed by atoms with Gasteiger partial charge in [0.2, 0.25) is 0 Å². The number of carbonyl (C=O) groups is 1. The van der Waals surface area contributed by atoms with Crippen LogP contribution in [-0.2, 0) is 0 Å². The molecule has 0 saturated heterocycles. The van der Waals surface area contributed by atoms with Gasteiger partial charge in [0.15, 0.2) is 5.82 Å². The monoisotopic (exact) mass is 303 g/mol. The van der Waals surface area contributed by atoms with Gasteiger partial charge in [0, 0.05) is 16.1 Å². The van der Waals surface area contributed by atoms with Gasteiger partial charge in [0.1, 0.15) is 0 Å². The lowest BCUT2D eigenvalue weighted by atomic mass is 10.2. The first-order chi connectivity index (χ1) is 9.72. The van der Waals surface area contributed by atoms with Crippen molar-refractivity contribution in [2.45, 2.75) is 0 Å². The van der Waals surface area contributed by atoms with Crippen LogP contribution in [0.1, 0.15) is 0 Å². The Kier molecular flexibility index (Phi) is 3.54. The number of halogens is 1. The van der Waals surface area contributed by atoms with E-state index in [0.29, 0.717) is 16.5 Å². The van der Waals surface area contributed by atoms with Gasteiger partial charge in [-0.05, 0) is 47.9 Å². The van der Waals surface area contributed by atoms with Gasteiger partial charge in [-0.2, -0.15) is 4.37 Å². The second kappa shape index (κ2) is 5.48. The molecule has 0 saturated carbocycles. The fraction of sp³-hybridized carbons (Fsp3) is 0. The van der Waals surface area contributed by atoms with E-state index in [0.717, 1.165) is 10.1 Å². The molecule has 100 valence electrons. The number of carbonyl (C=O) groups excluding carboxylic acids is 1. The van der Waals surface area contributed by atoms with Crippen LogP contribution in [0, 0.1) is 0 Å². The van der Waals surface area contributed by atoms with Gasteiger partial charge in [0.05, 0.1) is 4.70 Å². The van der Waals surface area contributed by atoms with E-state index in [4.69, 9.17) is 11.6 Å². The molecule has 2 N–H and O–H groups in total. The van der Waals surface area contributed by atoms with Crippen molar-refractivity contribution in [2.75, 3.05) is 10.6 Å². The van der Waals surface area contributed by atoms with Crippen molar-refractivity contribution in [3.05, 3.63) is 53.6 Å². The maximum absolute atomic E-state index is 11.9. The number of amides is 2. The summed E-state index contributed by atoms with van der Waals surface area (Å²) < 4.78 is 5.28. The first-order valence-electron chi connectivity index (χ1n) is 5.90. The number of rotatable bonds is 2. The summed E-state index contributed by atoms with van der Waals surface area (Å²) in [6.45, 7) is 0. The molecule has 3 aromatic rings. The molecule has 0 fully saturated rings. The second-order valence-electron chi connectivity index (χ2n) is 4.11. The van der Waals surface area contributed by atoms with Crippen LogP contribution < -0.4 is 10.6 Å². The highest BCUT2D eigenvalue weighted by molar-refractivity contribution is 7.13. The minimum Gasteiger partial charge on any atom is -0.308 e. The highest BCUT2D eigenvalue weighted by Gasteiger charge is 2.09. The van der Waals surface area contributed by atoms with Crippen molar-refractivity contribution in [1.82, 2.24) is 4.37 Å². The van der Waals surface area contributed by atoms with Gasteiger partial charge in [-0.15, -0.1) is 0 Å². The number of hydrogen-bond acceptors (Lipinski definition) is 3. The van der Waals surface area contributed by atoms with E-state index in [2.05, 4.69) is 15.0 Å². The minimum absolute atomic E-state index is 0.330. The number of fused-ring (bicyclic) bond motifs is 1. The Morgan fingerprint density at radius 2 is 1.80 bits per heavy atom. The van der Waals surface area contributed by atoms with Crippen LogP contribution in [0.25, 0.3) is 10.1 Å². The Morgan fingerprint density at radius 3 is 2.60 bits per heavy atom. The van der Waals surface area contributed by atoms with Crippen LogP contribution in [0.4, 0.5) is 16.3 Å². The van der Waals surface area contributed by atoms with Gasteiger partial charge in [-0.3, -0.25) is 5.32 Å². The summed E-state index contributed by atoms with van der Waals surface area (Å²) in [7, 11) is 0. The molecule has 2 amide bonds. The SMILES string of the molecule is O=C(Nc1ccc(Cl)cc1)Nc1nsc2ccccc12. The number of aromatic nitrogens is 1. The zero-order valence-corrected chi connectivity index (χ0v) is 11.8. The summed E-state index contributed by atoms with van der Waals surface area (Å²) in [6.07, 6.45) is 0. The first-order valence-corrected chi connectivity index (χ1v) is 7.05. The molecule has 0 spiro atoms. The highest BCUT2D eigenvalue weighted by atomic mass is 35.5. The molecule has 0 radical (unpaired) electrons. The summed E-state index contributed by atoms with van der Waals surface area (Å²) in [5, 5.41) is 7.03. The van der Waals surface area contributed by atoms with E-state index in [-0.39, 0.29) is 6.03 Å². The van der Waals surface area contributed by atoms with Gasteiger partial charge in [-0.25, -0.2) is 4.79 Å². The van der Waals surface area contributed by atoms with Gasteiger partial charge >= 0.3 is 6.03 Å². The molecule has 0 unspecified atom stereocenters. The van der Waals surface area contributed by atoms with Crippen molar-refractivity contribution in [3.8, 4) is 0 Å². The highest BCUT2D eigenvalue weighted by Crippen LogP contribution is 2.26. The molecular formula is C14H10ClN3OS. The third-order valence-corrected chi connectivity index (χ3v) is 3.79. The van der Waals surface area contributed by atoms with E-state index in [1.807, 2.05) is 24.3 Å².